The molecule has 0 amide bonds. The molecule has 2 rings (SSSR count). The molecule has 0 aliphatic heterocycles. The van der Waals surface area contributed by atoms with Crippen LogP contribution in [0.25, 0.3) is 0 Å². The summed E-state index contributed by atoms with van der Waals surface area (Å²) in [6.45, 7) is 2.13. The molecule has 0 radical (unpaired) electrons. The van der Waals surface area contributed by atoms with Crippen LogP contribution in [-0.2, 0) is 6.54 Å². The molecule has 0 bridgehead atoms. The predicted molar refractivity (Wildman–Crippen MR) is 65.5 cm³/mol. The van der Waals surface area contributed by atoms with E-state index < -0.39 is 5.56 Å². The van der Waals surface area contributed by atoms with Gasteiger partial charge in [0.15, 0.2) is 0 Å². The second-order valence-electron chi connectivity index (χ2n) is 3.74. The van der Waals surface area contributed by atoms with Gasteiger partial charge in [0.05, 0.1) is 6.54 Å². The Hall–Kier alpha value is -1.81. The van der Waals surface area contributed by atoms with Crippen LogP contribution in [0.4, 0.5) is 0 Å². The van der Waals surface area contributed by atoms with Crippen molar-refractivity contribution < 1.29 is 5.11 Å². The van der Waals surface area contributed by atoms with Crippen molar-refractivity contribution in [3.05, 3.63) is 57.2 Å². The fourth-order valence-corrected chi connectivity index (χ4v) is 1.75. The van der Waals surface area contributed by atoms with E-state index in [1.165, 1.54) is 10.6 Å². The largest absolute Gasteiger partial charge is 0.506 e. The van der Waals surface area contributed by atoms with E-state index in [0.717, 1.165) is 5.56 Å². The van der Waals surface area contributed by atoms with Gasteiger partial charge in [-0.05, 0) is 18.6 Å². The van der Waals surface area contributed by atoms with Crippen LogP contribution in [0.5, 0.6) is 5.75 Å². The maximum atomic E-state index is 11.9. The predicted octanol–water partition coefficient (Wildman–Crippen LogP) is 1.96. The number of halogens is 1. The van der Waals surface area contributed by atoms with E-state index in [1.807, 2.05) is 6.07 Å². The quantitative estimate of drug-likeness (QED) is 0.887. The van der Waals surface area contributed by atoms with E-state index in [-0.39, 0.29) is 10.8 Å². The van der Waals surface area contributed by atoms with Gasteiger partial charge in [-0.2, -0.15) is 0 Å². The number of hydrogen-bond acceptors (Lipinski definition) is 3. The zero-order chi connectivity index (χ0) is 12.4. The van der Waals surface area contributed by atoms with Crippen LogP contribution in [0.15, 0.2) is 35.4 Å². The zero-order valence-electron chi connectivity index (χ0n) is 9.22. The smallest absolute Gasteiger partial charge is 0.273 e. The summed E-state index contributed by atoms with van der Waals surface area (Å²) < 4.78 is 1.50. The van der Waals surface area contributed by atoms with Crippen molar-refractivity contribution in [2.75, 3.05) is 0 Å². The molecule has 0 saturated heterocycles. The summed E-state index contributed by atoms with van der Waals surface area (Å²) in [6, 6.07) is 5.15. The number of pyridine rings is 2. The van der Waals surface area contributed by atoms with Gasteiger partial charge < -0.3 is 9.67 Å². The highest BCUT2D eigenvalue weighted by atomic mass is 35.5. The first kappa shape index (κ1) is 11.7. The molecular weight excluding hydrogens is 240 g/mol. The Morgan fingerprint density at radius 1 is 1.53 bits per heavy atom. The minimum atomic E-state index is -0.395. The minimum absolute atomic E-state index is 0.153. The van der Waals surface area contributed by atoms with Gasteiger partial charge in [-0.3, -0.25) is 9.78 Å². The standard InChI is InChI=1S/C12H11ClN2O2/c1-8-5-10(16)11(13)12(17)15(8)7-9-3-2-4-14-6-9/h2-6,16H,7H2,1H3. The van der Waals surface area contributed by atoms with Crippen LogP contribution in [0.3, 0.4) is 0 Å². The van der Waals surface area contributed by atoms with Gasteiger partial charge in [0, 0.05) is 24.2 Å². The molecule has 4 nitrogen and oxygen atoms in total. The highest BCUT2D eigenvalue weighted by Crippen LogP contribution is 2.19. The summed E-state index contributed by atoms with van der Waals surface area (Å²) in [7, 11) is 0. The van der Waals surface area contributed by atoms with Crippen molar-refractivity contribution >= 4 is 11.6 Å². The highest BCUT2D eigenvalue weighted by Gasteiger charge is 2.10. The van der Waals surface area contributed by atoms with E-state index in [4.69, 9.17) is 11.6 Å². The average Bonchev–Trinajstić information content (AvgIpc) is 2.33. The normalized spacial score (nSPS) is 10.5. The molecule has 0 fully saturated rings. The Bertz CT molecular complexity index is 593. The van der Waals surface area contributed by atoms with E-state index in [1.54, 1.807) is 25.4 Å². The van der Waals surface area contributed by atoms with Crippen molar-refractivity contribution in [1.29, 1.82) is 0 Å². The maximum Gasteiger partial charge on any atom is 0.273 e. The van der Waals surface area contributed by atoms with Crippen LogP contribution in [0.1, 0.15) is 11.3 Å². The average molecular weight is 251 g/mol. The van der Waals surface area contributed by atoms with Gasteiger partial charge in [0.25, 0.3) is 5.56 Å². The molecule has 2 heterocycles. The number of nitrogens with zero attached hydrogens (tertiary/aromatic N) is 2. The van der Waals surface area contributed by atoms with Crippen LogP contribution >= 0.6 is 11.6 Å². The molecule has 0 aliphatic rings. The highest BCUT2D eigenvalue weighted by molar-refractivity contribution is 6.31. The number of aryl methyl sites for hydroxylation is 1. The lowest BCUT2D eigenvalue weighted by Crippen LogP contribution is -2.23. The summed E-state index contributed by atoms with van der Waals surface area (Å²) in [5.41, 5.74) is 1.16. The minimum Gasteiger partial charge on any atom is -0.506 e. The molecule has 2 aromatic heterocycles. The van der Waals surface area contributed by atoms with Crippen molar-refractivity contribution in [1.82, 2.24) is 9.55 Å². The van der Waals surface area contributed by atoms with Gasteiger partial charge in [-0.15, -0.1) is 0 Å². The summed E-state index contributed by atoms with van der Waals surface area (Å²) in [5, 5.41) is 9.26. The van der Waals surface area contributed by atoms with Crippen LogP contribution < -0.4 is 5.56 Å². The molecular formula is C12H11ClN2O2. The van der Waals surface area contributed by atoms with E-state index >= 15 is 0 Å². The summed E-state index contributed by atoms with van der Waals surface area (Å²) in [5.74, 6) is -0.184. The van der Waals surface area contributed by atoms with Crippen molar-refractivity contribution in [2.45, 2.75) is 13.5 Å². The van der Waals surface area contributed by atoms with E-state index in [9.17, 15) is 9.90 Å². The SMILES string of the molecule is Cc1cc(O)c(Cl)c(=O)n1Cc1cccnc1. The molecule has 17 heavy (non-hydrogen) atoms. The van der Waals surface area contributed by atoms with E-state index in [2.05, 4.69) is 4.98 Å². The van der Waals surface area contributed by atoms with Gasteiger partial charge in [-0.1, -0.05) is 17.7 Å². The molecule has 1 N–H and O–H groups in total. The monoisotopic (exact) mass is 250 g/mol. The molecule has 0 aliphatic carbocycles. The molecule has 0 spiro atoms. The molecule has 0 aromatic carbocycles. The Morgan fingerprint density at radius 2 is 2.29 bits per heavy atom. The molecule has 0 atom stereocenters. The lowest BCUT2D eigenvalue weighted by molar-refractivity contribution is 0.470. The fraction of sp³-hybridized carbons (Fsp3) is 0.167. The number of aromatic hydroxyl groups is 1. The maximum absolute atomic E-state index is 11.9. The third kappa shape index (κ3) is 2.31. The molecule has 5 heteroatoms. The molecule has 0 unspecified atom stereocenters. The van der Waals surface area contributed by atoms with Crippen molar-refractivity contribution in [3.63, 3.8) is 0 Å². The summed E-state index contributed by atoms with van der Waals surface area (Å²) >= 11 is 5.72. The van der Waals surface area contributed by atoms with Crippen LogP contribution in [0.2, 0.25) is 5.02 Å². The topological polar surface area (TPSA) is 55.1 Å². The molecule has 2 aromatic rings. The third-order valence-corrected chi connectivity index (χ3v) is 2.85. The van der Waals surface area contributed by atoms with Gasteiger partial charge in [0.2, 0.25) is 0 Å². The first-order valence-electron chi connectivity index (χ1n) is 5.07. The summed E-state index contributed by atoms with van der Waals surface area (Å²) in [4.78, 5) is 15.8. The van der Waals surface area contributed by atoms with E-state index in [0.29, 0.717) is 12.2 Å². The first-order chi connectivity index (χ1) is 8.09. The third-order valence-electron chi connectivity index (χ3n) is 2.49. The van der Waals surface area contributed by atoms with Crippen molar-refractivity contribution in [2.24, 2.45) is 0 Å². The lowest BCUT2D eigenvalue weighted by atomic mass is 10.2. The van der Waals surface area contributed by atoms with Crippen LogP contribution in [0, 0.1) is 6.92 Å². The Balaban J connectivity index is 2.47. The van der Waals surface area contributed by atoms with Gasteiger partial charge in [0.1, 0.15) is 10.8 Å². The Morgan fingerprint density at radius 3 is 2.94 bits per heavy atom. The number of rotatable bonds is 2. The van der Waals surface area contributed by atoms with Gasteiger partial charge >= 0.3 is 0 Å². The van der Waals surface area contributed by atoms with Gasteiger partial charge in [-0.25, -0.2) is 0 Å². The zero-order valence-corrected chi connectivity index (χ0v) is 9.98. The second-order valence-corrected chi connectivity index (χ2v) is 4.12. The van der Waals surface area contributed by atoms with Crippen LogP contribution in [-0.4, -0.2) is 14.7 Å². The second kappa shape index (κ2) is 4.59. The number of hydrogen-bond donors (Lipinski definition) is 1. The molecule has 0 saturated carbocycles. The fourth-order valence-electron chi connectivity index (χ4n) is 1.60. The first-order valence-corrected chi connectivity index (χ1v) is 5.45. The molecule has 88 valence electrons. The number of aromatic nitrogens is 2. The van der Waals surface area contributed by atoms with Crippen molar-refractivity contribution in [3.8, 4) is 5.75 Å². The Kier molecular flexibility index (Phi) is 3.15. The summed E-state index contributed by atoms with van der Waals surface area (Å²) in [6.07, 6.45) is 3.36. The lowest BCUT2D eigenvalue weighted by Gasteiger charge is -2.11. The Labute approximate surface area is 103 Å².